The van der Waals surface area contributed by atoms with Gasteiger partial charge in [-0.2, -0.15) is 5.10 Å². The average Bonchev–Trinajstić information content (AvgIpc) is 3.09. The number of aryl methyl sites for hydroxylation is 1. The summed E-state index contributed by atoms with van der Waals surface area (Å²) in [5.41, 5.74) is 1.27. The van der Waals surface area contributed by atoms with Crippen molar-refractivity contribution in [2.75, 3.05) is 26.7 Å². The molecule has 0 radical (unpaired) electrons. The van der Waals surface area contributed by atoms with E-state index < -0.39 is 0 Å². The summed E-state index contributed by atoms with van der Waals surface area (Å²) in [5.74, 6) is 2.87. The molecule has 1 aliphatic heterocycles. The lowest BCUT2D eigenvalue weighted by Crippen LogP contribution is -2.41. The van der Waals surface area contributed by atoms with Crippen LogP contribution in [0.4, 0.5) is 0 Å². The number of rotatable bonds is 3. The third kappa shape index (κ3) is 4.14. The van der Waals surface area contributed by atoms with Crippen molar-refractivity contribution in [3.8, 4) is 0 Å². The molecule has 6 heteroatoms. The van der Waals surface area contributed by atoms with Crippen LogP contribution in [0.2, 0.25) is 0 Å². The van der Waals surface area contributed by atoms with Crippen LogP contribution in [0.25, 0.3) is 0 Å². The number of halogens is 1. The number of aromatic nitrogens is 2. The Kier molecular flexibility index (Phi) is 6.52. The van der Waals surface area contributed by atoms with Crippen molar-refractivity contribution >= 4 is 29.9 Å². The predicted octanol–water partition coefficient (Wildman–Crippen LogP) is 2.28. The van der Waals surface area contributed by atoms with Gasteiger partial charge in [-0.25, -0.2) is 0 Å². The molecule has 2 aliphatic rings. The SMILES string of the molecule is CN=C(NCCc1cnn(C)c1)N1CC2CCCCC2C1.I. The summed E-state index contributed by atoms with van der Waals surface area (Å²) >= 11 is 0. The number of hydrogen-bond acceptors (Lipinski definition) is 2. The number of nitrogens with one attached hydrogen (secondary N) is 1. The maximum absolute atomic E-state index is 4.47. The van der Waals surface area contributed by atoms with E-state index in [2.05, 4.69) is 26.5 Å². The van der Waals surface area contributed by atoms with Crippen LogP contribution in [0, 0.1) is 11.8 Å². The largest absolute Gasteiger partial charge is 0.356 e. The topological polar surface area (TPSA) is 45.5 Å². The third-order valence-electron chi connectivity index (χ3n) is 4.94. The van der Waals surface area contributed by atoms with E-state index in [1.807, 2.05) is 25.0 Å². The first-order valence-electron chi connectivity index (χ1n) is 8.19. The van der Waals surface area contributed by atoms with E-state index in [9.17, 15) is 0 Å². The van der Waals surface area contributed by atoms with Gasteiger partial charge in [-0.15, -0.1) is 24.0 Å². The monoisotopic (exact) mass is 417 g/mol. The minimum atomic E-state index is 0. The summed E-state index contributed by atoms with van der Waals surface area (Å²) in [6.45, 7) is 3.30. The quantitative estimate of drug-likeness (QED) is 0.467. The molecule has 2 atom stereocenters. The molecule has 1 saturated carbocycles. The predicted molar refractivity (Wildman–Crippen MR) is 101 cm³/mol. The lowest BCUT2D eigenvalue weighted by molar-refractivity contribution is 0.299. The first-order valence-corrected chi connectivity index (χ1v) is 8.19. The standard InChI is InChI=1S/C16H27N5.HI/c1-17-16(18-8-7-13-9-19-20(2)10-13)21-11-14-5-3-4-6-15(14)12-21;/h9-10,14-15H,3-8,11-12H2,1-2H3,(H,17,18);1H. The van der Waals surface area contributed by atoms with Gasteiger partial charge in [0.25, 0.3) is 0 Å². The van der Waals surface area contributed by atoms with Gasteiger partial charge in [-0.05, 0) is 36.7 Å². The van der Waals surface area contributed by atoms with Crippen LogP contribution in [-0.2, 0) is 13.5 Å². The van der Waals surface area contributed by atoms with Crippen LogP contribution in [0.15, 0.2) is 17.4 Å². The Balaban J connectivity index is 0.00000176. The summed E-state index contributed by atoms with van der Waals surface area (Å²) in [4.78, 5) is 6.94. The normalized spacial score (nSPS) is 24.8. The van der Waals surface area contributed by atoms with Gasteiger partial charge in [0.15, 0.2) is 5.96 Å². The number of nitrogens with zero attached hydrogens (tertiary/aromatic N) is 4. The minimum Gasteiger partial charge on any atom is -0.356 e. The Labute approximate surface area is 150 Å². The van der Waals surface area contributed by atoms with Crippen molar-refractivity contribution in [1.82, 2.24) is 20.0 Å². The molecule has 2 heterocycles. The maximum atomic E-state index is 4.47. The Morgan fingerprint density at radius 2 is 2.00 bits per heavy atom. The van der Waals surface area contributed by atoms with E-state index in [1.54, 1.807) is 0 Å². The molecule has 124 valence electrons. The van der Waals surface area contributed by atoms with Gasteiger partial charge in [0.1, 0.15) is 0 Å². The van der Waals surface area contributed by atoms with Crippen LogP contribution in [0.1, 0.15) is 31.2 Å². The minimum absolute atomic E-state index is 0. The summed E-state index contributed by atoms with van der Waals surface area (Å²) in [7, 11) is 3.86. The van der Waals surface area contributed by atoms with Gasteiger partial charge in [0.05, 0.1) is 6.20 Å². The van der Waals surface area contributed by atoms with Crippen molar-refractivity contribution in [3.05, 3.63) is 18.0 Å². The molecule has 3 rings (SSSR count). The van der Waals surface area contributed by atoms with E-state index >= 15 is 0 Å². The van der Waals surface area contributed by atoms with Gasteiger partial charge in [-0.3, -0.25) is 9.67 Å². The second-order valence-electron chi connectivity index (χ2n) is 6.46. The molecule has 0 amide bonds. The third-order valence-corrected chi connectivity index (χ3v) is 4.94. The van der Waals surface area contributed by atoms with E-state index in [4.69, 9.17) is 0 Å². The summed E-state index contributed by atoms with van der Waals surface area (Å²) in [6, 6.07) is 0. The molecule has 0 spiro atoms. The Hall–Kier alpha value is -0.790. The number of aliphatic imine (C=N–C) groups is 1. The fourth-order valence-corrected chi connectivity index (χ4v) is 3.83. The van der Waals surface area contributed by atoms with Gasteiger partial charge in [0.2, 0.25) is 0 Å². The molecule has 2 unspecified atom stereocenters. The molecule has 22 heavy (non-hydrogen) atoms. The highest BCUT2D eigenvalue weighted by atomic mass is 127. The summed E-state index contributed by atoms with van der Waals surface area (Å²) < 4.78 is 1.86. The number of fused-ring (bicyclic) bond motifs is 1. The Morgan fingerprint density at radius 1 is 1.32 bits per heavy atom. The first-order chi connectivity index (χ1) is 10.3. The van der Waals surface area contributed by atoms with E-state index in [1.165, 1.54) is 44.3 Å². The Morgan fingerprint density at radius 3 is 2.55 bits per heavy atom. The molecule has 5 nitrogen and oxygen atoms in total. The average molecular weight is 417 g/mol. The lowest BCUT2D eigenvalue weighted by Gasteiger charge is -2.22. The number of guanidine groups is 1. The molecular weight excluding hydrogens is 389 g/mol. The first kappa shape index (κ1) is 17.6. The second-order valence-corrected chi connectivity index (χ2v) is 6.46. The van der Waals surface area contributed by atoms with Crippen molar-refractivity contribution < 1.29 is 0 Å². The molecule has 1 aromatic rings. The zero-order valence-corrected chi connectivity index (χ0v) is 16.0. The number of likely N-dealkylation sites (tertiary alicyclic amines) is 1. The van der Waals surface area contributed by atoms with Crippen LogP contribution < -0.4 is 5.32 Å². The second kappa shape index (κ2) is 8.17. The van der Waals surface area contributed by atoms with E-state index in [-0.39, 0.29) is 24.0 Å². The van der Waals surface area contributed by atoms with Crippen LogP contribution in [-0.4, -0.2) is 47.3 Å². The van der Waals surface area contributed by atoms with Gasteiger partial charge in [-0.1, -0.05) is 12.8 Å². The number of hydrogen-bond donors (Lipinski definition) is 1. The lowest BCUT2D eigenvalue weighted by atomic mass is 9.82. The van der Waals surface area contributed by atoms with E-state index in [0.29, 0.717) is 0 Å². The summed E-state index contributed by atoms with van der Waals surface area (Å²) in [6.07, 6.45) is 10.7. The van der Waals surface area contributed by atoms with Gasteiger partial charge >= 0.3 is 0 Å². The van der Waals surface area contributed by atoms with Crippen LogP contribution >= 0.6 is 24.0 Å². The molecule has 1 N–H and O–H groups in total. The van der Waals surface area contributed by atoms with Crippen molar-refractivity contribution in [2.45, 2.75) is 32.1 Å². The molecular formula is C16H28IN5. The molecule has 1 aliphatic carbocycles. The smallest absolute Gasteiger partial charge is 0.193 e. The van der Waals surface area contributed by atoms with Crippen molar-refractivity contribution in [3.63, 3.8) is 0 Å². The van der Waals surface area contributed by atoms with Crippen molar-refractivity contribution in [1.29, 1.82) is 0 Å². The van der Waals surface area contributed by atoms with Gasteiger partial charge < -0.3 is 10.2 Å². The van der Waals surface area contributed by atoms with E-state index in [0.717, 1.165) is 30.8 Å². The van der Waals surface area contributed by atoms with Crippen LogP contribution in [0.3, 0.4) is 0 Å². The fraction of sp³-hybridized carbons (Fsp3) is 0.750. The highest BCUT2D eigenvalue weighted by molar-refractivity contribution is 14.0. The highest BCUT2D eigenvalue weighted by Gasteiger charge is 2.35. The highest BCUT2D eigenvalue weighted by Crippen LogP contribution is 2.35. The summed E-state index contributed by atoms with van der Waals surface area (Å²) in [5, 5.41) is 7.73. The molecule has 1 aromatic heterocycles. The molecule has 0 bridgehead atoms. The molecule has 2 fully saturated rings. The molecule has 0 aromatic carbocycles. The maximum Gasteiger partial charge on any atom is 0.193 e. The zero-order valence-electron chi connectivity index (χ0n) is 13.7. The van der Waals surface area contributed by atoms with Gasteiger partial charge in [0, 0.05) is 39.9 Å². The Bertz CT molecular complexity index is 484. The van der Waals surface area contributed by atoms with Crippen LogP contribution in [0.5, 0.6) is 0 Å². The fourth-order valence-electron chi connectivity index (χ4n) is 3.83. The zero-order chi connectivity index (χ0) is 14.7. The molecule has 1 saturated heterocycles. The van der Waals surface area contributed by atoms with Crippen molar-refractivity contribution in [2.24, 2.45) is 23.9 Å².